The fraction of sp³-hybridized carbons (Fsp3) is 0.450. The Morgan fingerprint density at radius 1 is 1.26 bits per heavy atom. The van der Waals surface area contributed by atoms with Gasteiger partial charge in [0.05, 0.1) is 6.10 Å². The lowest BCUT2D eigenvalue weighted by Gasteiger charge is -2.37. The van der Waals surface area contributed by atoms with Crippen molar-refractivity contribution < 1.29 is 9.50 Å². The summed E-state index contributed by atoms with van der Waals surface area (Å²) in [5, 5.41) is 18.3. The molecule has 2 N–H and O–H groups in total. The molecule has 4 rings (SSSR count). The van der Waals surface area contributed by atoms with Gasteiger partial charge in [-0.1, -0.05) is 13.8 Å². The Balaban J connectivity index is 1.66. The number of aromatic amines is 1. The number of H-pyrrole nitrogens is 1. The second-order valence-electron chi connectivity index (χ2n) is 7.55. The first kappa shape index (κ1) is 17.9. The maximum Gasteiger partial charge on any atom is 0.155 e. The van der Waals surface area contributed by atoms with Gasteiger partial charge in [-0.25, -0.2) is 14.4 Å². The fourth-order valence-electron chi connectivity index (χ4n) is 3.85. The molecule has 2 atom stereocenters. The van der Waals surface area contributed by atoms with E-state index in [0.29, 0.717) is 17.2 Å². The number of anilines is 1. The van der Waals surface area contributed by atoms with Gasteiger partial charge in [-0.15, -0.1) is 0 Å². The largest absolute Gasteiger partial charge is 0.393 e. The Labute approximate surface area is 157 Å². The smallest absolute Gasteiger partial charge is 0.155 e. The number of aliphatic hydroxyl groups excluding tert-OH is 1. The molecule has 27 heavy (non-hydrogen) atoms. The third kappa shape index (κ3) is 3.39. The molecule has 0 aromatic carbocycles. The van der Waals surface area contributed by atoms with Crippen molar-refractivity contribution in [2.24, 2.45) is 11.8 Å². The predicted octanol–water partition coefficient (Wildman–Crippen LogP) is 3.39. The summed E-state index contributed by atoms with van der Waals surface area (Å²) in [7, 11) is 0. The van der Waals surface area contributed by atoms with Crippen LogP contribution in [0, 0.1) is 17.7 Å². The Hall–Kier alpha value is -2.54. The Bertz CT molecular complexity index is 941. The van der Waals surface area contributed by atoms with E-state index >= 15 is 0 Å². The SMILES string of the molecule is CC(C)C(O)[C@@H]1CCCN(c2ccc(F)c(-c3n[nH]c4ncccc34)n2)C1. The molecule has 0 aliphatic carbocycles. The monoisotopic (exact) mass is 369 g/mol. The lowest BCUT2D eigenvalue weighted by molar-refractivity contribution is 0.0570. The highest BCUT2D eigenvalue weighted by Crippen LogP contribution is 2.30. The molecule has 1 aliphatic heterocycles. The van der Waals surface area contributed by atoms with Gasteiger partial charge < -0.3 is 10.0 Å². The minimum atomic E-state index is -0.410. The van der Waals surface area contributed by atoms with E-state index in [1.807, 2.05) is 19.9 Å². The number of rotatable bonds is 4. The van der Waals surface area contributed by atoms with Crippen molar-refractivity contribution in [1.82, 2.24) is 20.2 Å². The van der Waals surface area contributed by atoms with Crippen LogP contribution in [0.1, 0.15) is 26.7 Å². The lowest BCUT2D eigenvalue weighted by Crippen LogP contribution is -2.42. The maximum atomic E-state index is 14.5. The van der Waals surface area contributed by atoms with E-state index < -0.39 is 5.82 Å². The first-order valence-electron chi connectivity index (χ1n) is 9.43. The van der Waals surface area contributed by atoms with Gasteiger partial charge in [-0.05, 0) is 43.0 Å². The minimum Gasteiger partial charge on any atom is -0.393 e. The van der Waals surface area contributed by atoms with E-state index in [-0.39, 0.29) is 23.6 Å². The van der Waals surface area contributed by atoms with Crippen molar-refractivity contribution in [2.45, 2.75) is 32.8 Å². The van der Waals surface area contributed by atoms with Gasteiger partial charge in [0.25, 0.3) is 0 Å². The van der Waals surface area contributed by atoms with E-state index in [1.165, 1.54) is 6.07 Å². The van der Waals surface area contributed by atoms with Crippen molar-refractivity contribution in [3.8, 4) is 11.4 Å². The molecule has 1 saturated heterocycles. The molecule has 0 saturated carbocycles. The van der Waals surface area contributed by atoms with Crippen molar-refractivity contribution in [2.75, 3.05) is 18.0 Å². The number of nitrogens with zero attached hydrogens (tertiary/aromatic N) is 4. The highest BCUT2D eigenvalue weighted by molar-refractivity contribution is 5.89. The minimum absolute atomic E-state index is 0.199. The van der Waals surface area contributed by atoms with Crippen LogP contribution in [-0.2, 0) is 0 Å². The summed E-state index contributed by atoms with van der Waals surface area (Å²) in [6, 6.07) is 6.80. The van der Waals surface area contributed by atoms with Crippen LogP contribution in [0.25, 0.3) is 22.4 Å². The van der Waals surface area contributed by atoms with E-state index in [4.69, 9.17) is 0 Å². The highest BCUT2D eigenvalue weighted by Gasteiger charge is 2.29. The summed E-state index contributed by atoms with van der Waals surface area (Å²) < 4.78 is 14.5. The second-order valence-corrected chi connectivity index (χ2v) is 7.55. The molecular weight excluding hydrogens is 345 g/mol. The maximum absolute atomic E-state index is 14.5. The summed E-state index contributed by atoms with van der Waals surface area (Å²) >= 11 is 0. The number of pyridine rings is 2. The van der Waals surface area contributed by atoms with Crippen molar-refractivity contribution in [1.29, 1.82) is 0 Å². The molecule has 142 valence electrons. The van der Waals surface area contributed by atoms with Crippen LogP contribution in [0.3, 0.4) is 0 Å². The Kier molecular flexibility index (Phi) is 4.78. The van der Waals surface area contributed by atoms with Crippen LogP contribution in [-0.4, -0.2) is 44.5 Å². The number of halogens is 1. The van der Waals surface area contributed by atoms with Crippen LogP contribution >= 0.6 is 0 Å². The van der Waals surface area contributed by atoms with Gasteiger partial charge in [0, 0.05) is 30.6 Å². The number of piperidine rings is 1. The van der Waals surface area contributed by atoms with Gasteiger partial charge in [0.1, 0.15) is 17.2 Å². The molecule has 1 fully saturated rings. The normalized spacial score (nSPS) is 19.0. The van der Waals surface area contributed by atoms with Crippen LogP contribution in [0.15, 0.2) is 30.5 Å². The zero-order valence-corrected chi connectivity index (χ0v) is 15.6. The van der Waals surface area contributed by atoms with E-state index in [1.54, 1.807) is 18.3 Å². The molecule has 0 spiro atoms. The van der Waals surface area contributed by atoms with Gasteiger partial charge in [0.15, 0.2) is 11.5 Å². The molecule has 7 heteroatoms. The van der Waals surface area contributed by atoms with Gasteiger partial charge in [0.2, 0.25) is 0 Å². The molecule has 1 unspecified atom stereocenters. The van der Waals surface area contributed by atoms with E-state index in [2.05, 4.69) is 25.1 Å². The summed E-state index contributed by atoms with van der Waals surface area (Å²) in [5.41, 5.74) is 1.30. The third-order valence-electron chi connectivity index (χ3n) is 5.34. The number of aliphatic hydroxyl groups is 1. The number of aromatic nitrogens is 4. The summed E-state index contributed by atoms with van der Waals surface area (Å²) in [6.45, 7) is 5.64. The standard InChI is InChI=1S/C20H24FN5O/c1-12(2)19(27)13-5-4-10-26(11-13)16-8-7-15(21)18(23-16)17-14-6-3-9-22-20(14)25-24-17/h3,6-9,12-13,19,27H,4-5,10-11H2,1-2H3,(H,22,24,25)/t13-,19?/m1/s1. The van der Waals surface area contributed by atoms with Crippen LogP contribution in [0.4, 0.5) is 10.2 Å². The lowest BCUT2D eigenvalue weighted by atomic mass is 9.87. The zero-order valence-electron chi connectivity index (χ0n) is 15.6. The molecule has 0 amide bonds. The van der Waals surface area contributed by atoms with E-state index in [0.717, 1.165) is 31.3 Å². The first-order valence-corrected chi connectivity index (χ1v) is 9.43. The third-order valence-corrected chi connectivity index (χ3v) is 5.34. The predicted molar refractivity (Wildman–Crippen MR) is 103 cm³/mol. The van der Waals surface area contributed by atoms with Crippen molar-refractivity contribution in [3.05, 3.63) is 36.3 Å². The summed E-state index contributed by atoms with van der Waals surface area (Å²) in [4.78, 5) is 10.9. The Morgan fingerprint density at radius 3 is 2.93 bits per heavy atom. The average molecular weight is 369 g/mol. The van der Waals surface area contributed by atoms with Gasteiger partial charge in [-0.3, -0.25) is 5.10 Å². The van der Waals surface area contributed by atoms with Crippen LogP contribution in [0.2, 0.25) is 0 Å². The van der Waals surface area contributed by atoms with E-state index in [9.17, 15) is 9.50 Å². The number of fused-ring (bicyclic) bond motifs is 1. The molecule has 1 aliphatic rings. The number of nitrogens with one attached hydrogen (secondary N) is 1. The highest BCUT2D eigenvalue weighted by atomic mass is 19.1. The first-order chi connectivity index (χ1) is 13.0. The molecular formula is C20H24FN5O. The topological polar surface area (TPSA) is 77.9 Å². The average Bonchev–Trinajstić information content (AvgIpc) is 3.12. The van der Waals surface area contributed by atoms with Gasteiger partial charge >= 0.3 is 0 Å². The molecule has 0 radical (unpaired) electrons. The van der Waals surface area contributed by atoms with Crippen molar-refractivity contribution in [3.63, 3.8) is 0 Å². The van der Waals surface area contributed by atoms with Crippen LogP contribution in [0.5, 0.6) is 0 Å². The number of hydrogen-bond acceptors (Lipinski definition) is 5. The van der Waals surface area contributed by atoms with Crippen molar-refractivity contribution >= 4 is 16.9 Å². The summed E-state index contributed by atoms with van der Waals surface area (Å²) in [6.07, 6.45) is 3.31. The second kappa shape index (κ2) is 7.23. The quantitative estimate of drug-likeness (QED) is 0.737. The molecule has 6 nitrogen and oxygen atoms in total. The molecule has 3 aromatic rings. The zero-order chi connectivity index (χ0) is 19.0. The molecule has 4 heterocycles. The summed E-state index contributed by atoms with van der Waals surface area (Å²) in [5.74, 6) is 0.720. The Morgan fingerprint density at radius 2 is 2.11 bits per heavy atom. The van der Waals surface area contributed by atoms with Gasteiger partial charge in [-0.2, -0.15) is 5.10 Å². The molecule has 3 aromatic heterocycles. The molecule has 0 bridgehead atoms. The fourth-order valence-corrected chi connectivity index (χ4v) is 3.85. The number of hydrogen-bond donors (Lipinski definition) is 2. The van der Waals surface area contributed by atoms with Crippen LogP contribution < -0.4 is 4.90 Å².